The van der Waals surface area contributed by atoms with Gasteiger partial charge in [-0.25, -0.2) is 9.97 Å². The minimum Gasteiger partial charge on any atom is -0.353 e. The molecule has 0 spiro atoms. The van der Waals surface area contributed by atoms with Gasteiger partial charge in [-0.15, -0.1) is 0 Å². The largest absolute Gasteiger partial charge is 0.353 e. The van der Waals surface area contributed by atoms with E-state index in [4.69, 9.17) is 9.47 Å². The summed E-state index contributed by atoms with van der Waals surface area (Å²) >= 11 is 0. The zero-order valence-corrected chi connectivity index (χ0v) is 22.9. The number of ether oxygens (including phenoxy) is 2. The summed E-state index contributed by atoms with van der Waals surface area (Å²) in [6.45, 7) is 4.51. The van der Waals surface area contributed by atoms with Crippen molar-refractivity contribution >= 4 is 22.6 Å². The summed E-state index contributed by atoms with van der Waals surface area (Å²) in [4.78, 5) is 23.7. The van der Waals surface area contributed by atoms with E-state index in [1.165, 1.54) is 42.1 Å². The molecule has 2 saturated heterocycles. The van der Waals surface area contributed by atoms with Crippen molar-refractivity contribution in [1.29, 1.82) is 0 Å². The molecule has 6 rings (SSSR count). The van der Waals surface area contributed by atoms with E-state index in [9.17, 15) is 4.79 Å². The lowest BCUT2D eigenvalue weighted by molar-refractivity contribution is -0.155. The van der Waals surface area contributed by atoms with Gasteiger partial charge in [0.2, 0.25) is 5.95 Å². The molecule has 3 aliphatic rings. The van der Waals surface area contributed by atoms with E-state index in [1.54, 1.807) is 12.4 Å². The maximum absolute atomic E-state index is 12.5. The van der Waals surface area contributed by atoms with Gasteiger partial charge in [-0.3, -0.25) is 4.79 Å². The van der Waals surface area contributed by atoms with Crippen molar-refractivity contribution in [2.45, 2.75) is 76.7 Å². The molecule has 2 aromatic heterocycles. The van der Waals surface area contributed by atoms with Gasteiger partial charge in [0.1, 0.15) is 6.61 Å². The van der Waals surface area contributed by atoms with Crippen LogP contribution in [-0.4, -0.2) is 59.5 Å². The van der Waals surface area contributed by atoms with Crippen LogP contribution < -0.4 is 10.2 Å². The first-order valence-corrected chi connectivity index (χ1v) is 14.9. The molecule has 0 amide bonds. The fraction of sp³-hybridized carbons (Fsp3) is 0.581. The lowest BCUT2D eigenvalue weighted by atomic mass is 9.97. The number of anilines is 1. The molecule has 8 nitrogen and oxygen atoms in total. The number of benzene rings is 1. The first-order chi connectivity index (χ1) is 19.2. The molecule has 3 aromatic rings. The highest BCUT2D eigenvalue weighted by Crippen LogP contribution is 2.34. The van der Waals surface area contributed by atoms with E-state index in [1.807, 2.05) is 0 Å². The van der Waals surface area contributed by atoms with Crippen molar-refractivity contribution in [3.8, 4) is 0 Å². The van der Waals surface area contributed by atoms with Crippen molar-refractivity contribution in [3.05, 3.63) is 54.0 Å². The topological polar surface area (TPSA) is 81.5 Å². The zero-order valence-electron chi connectivity index (χ0n) is 22.9. The van der Waals surface area contributed by atoms with Gasteiger partial charge in [0.15, 0.2) is 12.1 Å². The second kappa shape index (κ2) is 12.6. The molecule has 39 heavy (non-hydrogen) atoms. The average Bonchev–Trinajstić information content (AvgIpc) is 3.66. The zero-order chi connectivity index (χ0) is 26.4. The SMILES string of the molecule is O=C(COC1CCCCO1)c1cnc(N2CCC(CNCc3cn(C4CCCC4)c4ccccc34)CC2)nc1. The Morgan fingerprint density at radius 3 is 2.54 bits per heavy atom. The normalized spacial score (nSPS) is 21.1. The van der Waals surface area contributed by atoms with Crippen molar-refractivity contribution < 1.29 is 14.3 Å². The summed E-state index contributed by atoms with van der Waals surface area (Å²) in [6.07, 6.45) is 15.9. The summed E-state index contributed by atoms with van der Waals surface area (Å²) < 4.78 is 13.7. The molecular weight excluding hydrogens is 490 g/mol. The molecule has 4 heterocycles. The van der Waals surface area contributed by atoms with Crippen molar-refractivity contribution in [3.63, 3.8) is 0 Å². The number of nitrogens with one attached hydrogen (secondary N) is 1. The van der Waals surface area contributed by atoms with Crippen LogP contribution in [0.2, 0.25) is 0 Å². The highest BCUT2D eigenvalue weighted by atomic mass is 16.7. The maximum atomic E-state index is 12.5. The lowest BCUT2D eigenvalue weighted by Crippen LogP contribution is -2.38. The Bertz CT molecular complexity index is 1220. The van der Waals surface area contributed by atoms with Crippen LogP contribution in [0.25, 0.3) is 10.9 Å². The maximum Gasteiger partial charge on any atom is 0.225 e. The van der Waals surface area contributed by atoms with Crippen molar-refractivity contribution in [2.75, 3.05) is 37.7 Å². The van der Waals surface area contributed by atoms with E-state index in [-0.39, 0.29) is 18.7 Å². The number of hydrogen-bond acceptors (Lipinski definition) is 7. The monoisotopic (exact) mass is 531 g/mol. The summed E-state index contributed by atoms with van der Waals surface area (Å²) in [7, 11) is 0. The number of carbonyl (C=O) groups excluding carboxylic acids is 1. The number of fused-ring (bicyclic) bond motifs is 1. The van der Waals surface area contributed by atoms with Crippen LogP contribution in [0.15, 0.2) is 42.9 Å². The molecule has 3 fully saturated rings. The van der Waals surface area contributed by atoms with Gasteiger partial charge < -0.3 is 24.3 Å². The van der Waals surface area contributed by atoms with E-state index < -0.39 is 0 Å². The predicted octanol–water partition coefficient (Wildman–Crippen LogP) is 5.28. The molecule has 8 heteroatoms. The summed E-state index contributed by atoms with van der Waals surface area (Å²) in [5.74, 6) is 1.24. The number of nitrogens with zero attached hydrogens (tertiary/aromatic N) is 4. The Kier molecular flexibility index (Phi) is 8.52. The highest BCUT2D eigenvalue weighted by molar-refractivity contribution is 5.96. The molecule has 1 unspecified atom stereocenters. The van der Waals surface area contributed by atoms with Gasteiger partial charge in [-0.2, -0.15) is 0 Å². The Morgan fingerprint density at radius 2 is 1.77 bits per heavy atom. The molecular formula is C31H41N5O3. The fourth-order valence-electron chi connectivity index (χ4n) is 6.37. The van der Waals surface area contributed by atoms with Crippen LogP contribution in [-0.2, 0) is 16.0 Å². The molecule has 1 saturated carbocycles. The molecule has 0 radical (unpaired) electrons. The van der Waals surface area contributed by atoms with Crippen LogP contribution in [0.4, 0.5) is 5.95 Å². The molecule has 1 atom stereocenters. The average molecular weight is 532 g/mol. The quantitative estimate of drug-likeness (QED) is 0.357. The molecule has 208 valence electrons. The molecule has 1 aromatic carbocycles. The predicted molar refractivity (Wildman–Crippen MR) is 152 cm³/mol. The lowest BCUT2D eigenvalue weighted by Gasteiger charge is -2.32. The third-order valence-corrected chi connectivity index (χ3v) is 8.69. The third kappa shape index (κ3) is 6.34. The van der Waals surface area contributed by atoms with Crippen LogP contribution in [0.1, 0.15) is 79.8 Å². The van der Waals surface area contributed by atoms with Crippen LogP contribution in [0.3, 0.4) is 0 Å². The summed E-state index contributed by atoms with van der Waals surface area (Å²) in [6, 6.07) is 9.53. The minimum absolute atomic E-state index is 0.00681. The standard InChI is InChI=1S/C31H41N5O3/c37-29(22-39-30-11-5-6-16-38-30)24-19-33-31(34-20-24)35-14-12-23(13-15-35)17-32-18-25-21-36(26-7-1-2-8-26)28-10-4-3-9-27(25)28/h3-4,9-10,19-21,23,26,30,32H,1-2,5-8,11-18,22H2. The van der Waals surface area contributed by atoms with Gasteiger partial charge in [0.25, 0.3) is 0 Å². The van der Waals surface area contributed by atoms with E-state index in [2.05, 4.69) is 55.2 Å². The van der Waals surface area contributed by atoms with Gasteiger partial charge >= 0.3 is 0 Å². The number of aromatic nitrogens is 3. The van der Waals surface area contributed by atoms with Gasteiger partial charge in [-0.05, 0) is 69.0 Å². The Morgan fingerprint density at radius 1 is 1.00 bits per heavy atom. The van der Waals surface area contributed by atoms with Crippen molar-refractivity contribution in [2.24, 2.45) is 5.92 Å². The van der Waals surface area contributed by atoms with Crippen LogP contribution >= 0.6 is 0 Å². The van der Waals surface area contributed by atoms with Crippen LogP contribution in [0.5, 0.6) is 0 Å². The minimum atomic E-state index is -0.268. The first kappa shape index (κ1) is 26.4. The van der Waals surface area contributed by atoms with Crippen molar-refractivity contribution in [1.82, 2.24) is 19.9 Å². The molecule has 0 bridgehead atoms. The Hall–Kier alpha value is -2.81. The smallest absolute Gasteiger partial charge is 0.225 e. The molecule has 2 aliphatic heterocycles. The number of rotatable bonds is 10. The summed E-state index contributed by atoms with van der Waals surface area (Å²) in [5.41, 5.74) is 3.28. The fourth-order valence-corrected chi connectivity index (χ4v) is 6.37. The number of piperidine rings is 1. The van der Waals surface area contributed by atoms with Crippen LogP contribution in [0, 0.1) is 5.92 Å². The number of carbonyl (C=O) groups is 1. The third-order valence-electron chi connectivity index (χ3n) is 8.69. The Labute approximate surface area is 231 Å². The van der Waals surface area contributed by atoms with Gasteiger partial charge in [-0.1, -0.05) is 31.0 Å². The summed E-state index contributed by atoms with van der Waals surface area (Å²) in [5, 5.41) is 5.14. The van der Waals surface area contributed by atoms with E-state index in [0.717, 1.165) is 58.3 Å². The number of hydrogen-bond donors (Lipinski definition) is 1. The Balaban J connectivity index is 0.958. The first-order valence-electron chi connectivity index (χ1n) is 14.9. The van der Waals surface area contributed by atoms with E-state index >= 15 is 0 Å². The number of Topliss-reactive ketones (excluding diaryl/α,β-unsaturated/α-hetero) is 1. The second-order valence-electron chi connectivity index (χ2n) is 11.4. The highest BCUT2D eigenvalue weighted by Gasteiger charge is 2.23. The van der Waals surface area contributed by atoms with E-state index in [0.29, 0.717) is 30.1 Å². The second-order valence-corrected chi connectivity index (χ2v) is 11.4. The number of ketones is 1. The molecule has 1 N–H and O–H groups in total. The number of para-hydroxylation sites is 1. The molecule has 1 aliphatic carbocycles. The van der Waals surface area contributed by atoms with Gasteiger partial charge in [0.05, 0.1) is 5.56 Å². The van der Waals surface area contributed by atoms with Gasteiger partial charge in [0, 0.05) is 61.8 Å².